The fourth-order valence-corrected chi connectivity index (χ4v) is 16.4. The first-order chi connectivity index (χ1) is 60.7. The number of ether oxygens (including phenoxy) is 2. The average molecular weight is 1800 g/mol. The van der Waals surface area contributed by atoms with Gasteiger partial charge in [0.15, 0.2) is 11.5 Å². The van der Waals surface area contributed by atoms with Gasteiger partial charge in [0.2, 0.25) is 0 Å². The Hall–Kier alpha value is -3.90. The Kier molecular flexibility index (Phi) is 92.8. The van der Waals surface area contributed by atoms with Gasteiger partial charge in [-0.3, -0.25) is 0 Å². The smallest absolute Gasteiger partial charge is 0.160 e. The van der Waals surface area contributed by atoms with E-state index in [2.05, 4.69) is 267 Å². The molecule has 15 N–H and O–H groups in total. The van der Waals surface area contributed by atoms with Crippen molar-refractivity contribution in [2.45, 2.75) is 432 Å². The Morgan fingerprint density at radius 2 is 0.969 bits per heavy atom. The molecule has 1 aliphatic carbocycles. The predicted molar refractivity (Wildman–Crippen MR) is 573 cm³/mol. The molecule has 15 nitrogen and oxygen atoms in total. The molecule has 1 saturated heterocycles. The molecule has 5 atom stereocenters. The highest BCUT2D eigenvalue weighted by Gasteiger charge is 2.28. The standard InChI is InChI=1S/C14H30N2.C13H29N.C13H20O2.C11H23N.C11H17N.C9H16N2.2C9H21N.C8H14N2.2C8H19N/c1-4-5-8-15-10-12-16(13-11-15)9-6-7-14(2)3;1-5-7-8-13(6-2,9-10-14)11-12(3)4;1-10(2)5-6-11-7-8-12(14-3)13(9-11)15-4;2*1-9(2)7-10-3-5-11(8-12)6-4-10;1-9(2)4-3-6-11-7-5-10-8-11;1-8(2)7-9(3)5-4-6-10;1-8(2)5-4-6-9(3)7-10;1-7(2)3-4-8-5-9-6-10-8;1-4-8(5-6-9)7(2)3;1-4-8(9)6-5-7(2)3/h14H,4-13H2,1-3H3;12H,5-11,14H2,1-4H3;7-10H,5-6H2,1-4H3;9-11H,3-8,12H2,1-2H3;3-6,9H,7-8,12H2,1-2H3;5,7-9H,3-4,6H2,1-2H3;2*8-9H,4-7,10H2,1-3H3;5-7H,3-4H2,1-2H3,(H,9,10);2*7-8H,4-6,9H2,1-3H3. The number of H-pyrrole nitrogens is 1. The maximum Gasteiger partial charge on any atom is 0.160 e. The molecular weight excluding hydrogens is 1570 g/mol. The summed E-state index contributed by atoms with van der Waals surface area (Å²) in [6.07, 6.45) is 52.0. The van der Waals surface area contributed by atoms with Crippen molar-refractivity contribution in [1.82, 2.24) is 29.3 Å². The number of hydrogen-bond acceptors (Lipinski definition) is 13. The van der Waals surface area contributed by atoms with E-state index < -0.39 is 0 Å². The third-order valence-electron chi connectivity index (χ3n) is 24.9. The molecule has 1 aliphatic heterocycles. The van der Waals surface area contributed by atoms with Crippen molar-refractivity contribution in [2.24, 2.45) is 140 Å². The molecule has 5 unspecified atom stereocenters. The second kappa shape index (κ2) is 89.6. The Morgan fingerprint density at radius 3 is 1.38 bits per heavy atom. The summed E-state index contributed by atoms with van der Waals surface area (Å²) in [7, 11) is 3.33. The van der Waals surface area contributed by atoms with E-state index in [0.29, 0.717) is 18.0 Å². The molecule has 4 aromatic rings. The molecule has 15 heteroatoms. The van der Waals surface area contributed by atoms with E-state index in [4.69, 9.17) is 49.6 Å². The van der Waals surface area contributed by atoms with Crippen LogP contribution in [0.25, 0.3) is 0 Å². The molecule has 2 aromatic heterocycles. The van der Waals surface area contributed by atoms with Crippen molar-refractivity contribution in [3.63, 3.8) is 0 Å². The van der Waals surface area contributed by atoms with E-state index in [1.165, 1.54) is 248 Å². The predicted octanol–water partition coefficient (Wildman–Crippen LogP) is 28.6. The number of aromatic nitrogens is 4. The molecule has 2 aliphatic rings. The lowest BCUT2D eigenvalue weighted by atomic mass is 9.72. The van der Waals surface area contributed by atoms with E-state index in [0.717, 1.165) is 171 Å². The molecule has 128 heavy (non-hydrogen) atoms. The number of nitrogens with zero attached hydrogens (tertiary/aromatic N) is 5. The topological polar surface area (TPSA) is 254 Å². The number of nitrogens with two attached hydrogens (primary N) is 7. The number of methoxy groups -OCH3 is 2. The fraction of sp³-hybridized carbons (Fsp3) is 0.841. The quantitative estimate of drug-likeness (QED) is 0.0205. The molecule has 6 rings (SSSR count). The summed E-state index contributed by atoms with van der Waals surface area (Å²) in [4.78, 5) is 16.3. The third-order valence-corrected chi connectivity index (χ3v) is 24.9. The van der Waals surface area contributed by atoms with Crippen LogP contribution in [0.1, 0.15) is 416 Å². The number of benzene rings is 2. The zero-order valence-corrected chi connectivity index (χ0v) is 91.4. The minimum absolute atomic E-state index is 0.437. The van der Waals surface area contributed by atoms with Gasteiger partial charge in [-0.15, -0.1) is 0 Å². The number of rotatable bonds is 51. The van der Waals surface area contributed by atoms with Gasteiger partial charge in [-0.25, -0.2) is 9.97 Å². The third kappa shape index (κ3) is 86.2. The van der Waals surface area contributed by atoms with Gasteiger partial charge in [0.25, 0.3) is 0 Å². The first kappa shape index (κ1) is 133. The van der Waals surface area contributed by atoms with Gasteiger partial charge in [0, 0.05) is 69.6 Å². The minimum atomic E-state index is 0.437. The van der Waals surface area contributed by atoms with Crippen LogP contribution in [-0.2, 0) is 32.4 Å². The van der Waals surface area contributed by atoms with Crippen LogP contribution in [0.5, 0.6) is 11.5 Å². The molecule has 2 aromatic carbocycles. The van der Waals surface area contributed by atoms with Crippen LogP contribution in [0.4, 0.5) is 0 Å². The second-order valence-corrected chi connectivity index (χ2v) is 43.0. The van der Waals surface area contributed by atoms with Crippen molar-refractivity contribution < 1.29 is 9.47 Å². The van der Waals surface area contributed by atoms with Gasteiger partial charge in [0.05, 0.1) is 26.9 Å². The highest BCUT2D eigenvalue weighted by Crippen LogP contribution is 2.39. The van der Waals surface area contributed by atoms with Gasteiger partial charge in [-0.2, -0.15) is 0 Å². The molecular formula is C113H229N13O2. The second-order valence-electron chi connectivity index (χ2n) is 43.0. The SMILES string of the molecule is CC(C)CC(C)CCCN.CC(C)CC1CCC(CN)CC1.CC(C)CCCC(C)CN.CC(C)CCCn1ccnc1.CC(C)CCc1cnc[nH]1.CC(C)Cc1ccc(CN)cc1.CCC(CCN)C(C)C.CCC(N)CCC(C)C.CCCCC(CC)(CCN)CC(C)C.CCCCN1CCN(CCCC(C)C)CC1.COc1ccc(CCC(C)C)cc1OC. The molecule has 0 spiro atoms. The van der Waals surface area contributed by atoms with Crippen molar-refractivity contribution in [2.75, 3.05) is 86.2 Å². The first-order valence-electron chi connectivity index (χ1n) is 53.3. The minimum Gasteiger partial charge on any atom is -0.493 e. The molecule has 0 radical (unpaired) electrons. The Bertz CT molecular complexity index is 2810. The summed E-state index contributed by atoms with van der Waals surface area (Å²) in [6, 6.07) is 15.1. The number of imidazole rings is 2. The van der Waals surface area contributed by atoms with E-state index in [1.54, 1.807) is 20.5 Å². The highest BCUT2D eigenvalue weighted by molar-refractivity contribution is 5.43. The zero-order valence-electron chi connectivity index (χ0n) is 91.4. The van der Waals surface area contributed by atoms with Gasteiger partial charge in [-0.05, 0) is 329 Å². The monoisotopic (exact) mass is 1800 g/mol. The van der Waals surface area contributed by atoms with E-state index in [9.17, 15) is 0 Å². The lowest BCUT2D eigenvalue weighted by Gasteiger charge is -2.34. The van der Waals surface area contributed by atoms with Crippen LogP contribution in [0.15, 0.2) is 73.7 Å². The Labute approximate surface area is 800 Å². The van der Waals surface area contributed by atoms with Crippen LogP contribution >= 0.6 is 0 Å². The van der Waals surface area contributed by atoms with Crippen molar-refractivity contribution in [3.05, 3.63) is 96.1 Å². The molecule has 758 valence electrons. The Morgan fingerprint density at radius 1 is 0.453 bits per heavy atom. The molecule has 2 fully saturated rings. The summed E-state index contributed by atoms with van der Waals surface area (Å²) < 4.78 is 12.6. The highest BCUT2D eigenvalue weighted by atomic mass is 16.5. The summed E-state index contributed by atoms with van der Waals surface area (Å²) >= 11 is 0. The number of nitrogens with one attached hydrogen (secondary N) is 1. The molecule has 0 bridgehead atoms. The van der Waals surface area contributed by atoms with Gasteiger partial charge >= 0.3 is 0 Å². The first-order valence-corrected chi connectivity index (χ1v) is 53.3. The summed E-state index contributed by atoms with van der Waals surface area (Å²) in [6.45, 7) is 79.6. The lowest BCUT2D eigenvalue weighted by molar-refractivity contribution is 0.129. The lowest BCUT2D eigenvalue weighted by Crippen LogP contribution is -2.46. The zero-order chi connectivity index (χ0) is 98.1. The van der Waals surface area contributed by atoms with Gasteiger partial charge in [0.1, 0.15) is 0 Å². The van der Waals surface area contributed by atoms with Crippen molar-refractivity contribution in [1.29, 1.82) is 0 Å². The number of unbranched alkanes of at least 4 members (excludes halogenated alkanes) is 2. The van der Waals surface area contributed by atoms with Gasteiger partial charge < -0.3 is 69.0 Å². The van der Waals surface area contributed by atoms with E-state index in [-0.39, 0.29) is 0 Å². The number of aromatic amines is 1. The van der Waals surface area contributed by atoms with E-state index in [1.807, 2.05) is 31.0 Å². The van der Waals surface area contributed by atoms with Gasteiger partial charge in [-0.1, -0.05) is 289 Å². The van der Waals surface area contributed by atoms with E-state index >= 15 is 0 Å². The Balaban J connectivity index is -0.000000436. The van der Waals surface area contributed by atoms with Crippen LogP contribution in [0.2, 0.25) is 0 Å². The summed E-state index contributed by atoms with van der Waals surface area (Å²) in [5, 5.41) is 0. The van der Waals surface area contributed by atoms with Crippen LogP contribution < -0.4 is 49.6 Å². The largest absolute Gasteiger partial charge is 0.493 e. The number of hydrogen-bond donors (Lipinski definition) is 8. The average Bonchev–Trinajstić information content (AvgIpc) is 1.12. The maximum absolute atomic E-state index is 5.74. The van der Waals surface area contributed by atoms with Crippen molar-refractivity contribution >= 4 is 0 Å². The van der Waals surface area contributed by atoms with Crippen LogP contribution in [0.3, 0.4) is 0 Å². The fourth-order valence-electron chi connectivity index (χ4n) is 16.4. The molecule has 1 saturated carbocycles. The molecule has 3 heterocycles. The maximum atomic E-state index is 5.74. The normalized spacial score (nSPS) is 15.3. The number of aryl methyl sites for hydroxylation is 3. The van der Waals surface area contributed by atoms with Crippen LogP contribution in [0, 0.1) is 100 Å². The summed E-state index contributed by atoms with van der Waals surface area (Å²) in [5.41, 5.74) is 44.7. The number of piperazine rings is 1. The molecule has 0 amide bonds. The van der Waals surface area contributed by atoms with Crippen LogP contribution in [-0.4, -0.2) is 122 Å². The van der Waals surface area contributed by atoms with Crippen molar-refractivity contribution in [3.8, 4) is 11.5 Å². The summed E-state index contributed by atoms with van der Waals surface area (Å²) in [5.74, 6) is 14.8.